The van der Waals surface area contributed by atoms with Crippen molar-refractivity contribution in [1.29, 1.82) is 0 Å². The fourth-order valence-corrected chi connectivity index (χ4v) is 2.05. The highest BCUT2D eigenvalue weighted by molar-refractivity contribution is 5.62. The Kier molecular flexibility index (Phi) is 7.38. The maximum absolute atomic E-state index is 8.69. The van der Waals surface area contributed by atoms with E-state index in [1.807, 2.05) is 18.2 Å². The van der Waals surface area contributed by atoms with Gasteiger partial charge in [-0.15, -0.1) is 0 Å². The molecule has 0 saturated heterocycles. The molecule has 7 heteroatoms. The van der Waals surface area contributed by atoms with Crippen LogP contribution < -0.4 is 16.0 Å². The molecule has 0 bridgehead atoms. The van der Waals surface area contributed by atoms with Gasteiger partial charge in [-0.1, -0.05) is 13.8 Å². The summed E-state index contributed by atoms with van der Waals surface area (Å²) in [5, 5.41) is 18.3. The number of hydrogen-bond donors (Lipinski definition) is 4. The molecule has 2 rings (SSSR count). The van der Waals surface area contributed by atoms with Crippen molar-refractivity contribution in [3.05, 3.63) is 30.7 Å². The number of aliphatic hydroxyl groups excluding tert-OH is 1. The lowest BCUT2D eigenvalue weighted by atomic mass is 10.2. The van der Waals surface area contributed by atoms with Gasteiger partial charge in [-0.2, -0.15) is 0 Å². The second-order valence-corrected chi connectivity index (χ2v) is 5.90. The van der Waals surface area contributed by atoms with Crippen LogP contribution in [0.4, 0.5) is 11.6 Å². The lowest BCUT2D eigenvalue weighted by molar-refractivity contribution is 0.293. The topological polar surface area (TPSA) is 95.0 Å². The highest BCUT2D eigenvalue weighted by atomic mass is 16.3. The Bertz CT molecular complexity index is 602. The molecule has 0 amide bonds. The Morgan fingerprint density at radius 1 is 1.00 bits per heavy atom. The standard InChI is InChI=1S/C17H26N6O/c1-13(2)10-20-17-9-15(22-12-23-17)14-3-4-16(21-11-14)19-6-5-18-7-8-24/h3-4,9,11-13,18,24H,5-8,10H2,1-2H3,(H,19,21)(H,20,22,23). The van der Waals surface area contributed by atoms with Crippen molar-refractivity contribution in [1.82, 2.24) is 20.3 Å². The van der Waals surface area contributed by atoms with Crippen LogP contribution in [0.15, 0.2) is 30.7 Å². The largest absolute Gasteiger partial charge is 0.395 e. The van der Waals surface area contributed by atoms with Crippen LogP contribution in [-0.4, -0.2) is 52.8 Å². The fraction of sp³-hybridized carbons (Fsp3) is 0.471. The van der Waals surface area contributed by atoms with Crippen LogP contribution in [0.1, 0.15) is 13.8 Å². The average Bonchev–Trinajstić information content (AvgIpc) is 2.60. The summed E-state index contributed by atoms with van der Waals surface area (Å²) in [5.41, 5.74) is 1.80. The molecule has 0 radical (unpaired) electrons. The maximum Gasteiger partial charge on any atom is 0.129 e. The van der Waals surface area contributed by atoms with E-state index in [0.717, 1.165) is 42.5 Å². The van der Waals surface area contributed by atoms with Gasteiger partial charge < -0.3 is 21.1 Å². The van der Waals surface area contributed by atoms with Gasteiger partial charge in [0.05, 0.1) is 12.3 Å². The fourth-order valence-electron chi connectivity index (χ4n) is 2.05. The van der Waals surface area contributed by atoms with Gasteiger partial charge in [-0.05, 0) is 18.1 Å². The highest BCUT2D eigenvalue weighted by Crippen LogP contribution is 2.19. The van der Waals surface area contributed by atoms with Crippen LogP contribution in [0.25, 0.3) is 11.3 Å². The summed E-state index contributed by atoms with van der Waals surface area (Å²) in [6.45, 7) is 7.48. The summed E-state index contributed by atoms with van der Waals surface area (Å²) >= 11 is 0. The van der Waals surface area contributed by atoms with Crippen LogP contribution in [0.2, 0.25) is 0 Å². The molecule has 0 aliphatic rings. The van der Waals surface area contributed by atoms with E-state index in [1.165, 1.54) is 0 Å². The van der Waals surface area contributed by atoms with Crippen molar-refractivity contribution < 1.29 is 5.11 Å². The van der Waals surface area contributed by atoms with Gasteiger partial charge in [-0.3, -0.25) is 0 Å². The van der Waals surface area contributed by atoms with Crippen molar-refractivity contribution in [2.45, 2.75) is 13.8 Å². The molecular weight excluding hydrogens is 304 g/mol. The predicted octanol–water partition coefficient (Wildman–Crippen LogP) is 1.60. The second kappa shape index (κ2) is 9.79. The number of aliphatic hydroxyl groups is 1. The van der Waals surface area contributed by atoms with E-state index in [-0.39, 0.29) is 6.61 Å². The summed E-state index contributed by atoms with van der Waals surface area (Å²) in [7, 11) is 0. The molecule has 2 aromatic rings. The minimum atomic E-state index is 0.153. The molecule has 0 aromatic carbocycles. The zero-order valence-electron chi connectivity index (χ0n) is 14.3. The van der Waals surface area contributed by atoms with E-state index in [2.05, 4.69) is 44.7 Å². The lowest BCUT2D eigenvalue weighted by Crippen LogP contribution is -2.25. The van der Waals surface area contributed by atoms with Gasteiger partial charge in [0, 0.05) is 44.0 Å². The van der Waals surface area contributed by atoms with Gasteiger partial charge in [0.2, 0.25) is 0 Å². The SMILES string of the molecule is CC(C)CNc1cc(-c2ccc(NCCNCCO)nc2)ncn1. The van der Waals surface area contributed by atoms with Gasteiger partial charge >= 0.3 is 0 Å². The number of aromatic nitrogens is 3. The molecular formula is C17H26N6O. The molecule has 0 fully saturated rings. The van der Waals surface area contributed by atoms with Crippen molar-refractivity contribution in [3.8, 4) is 11.3 Å². The summed E-state index contributed by atoms with van der Waals surface area (Å²) in [6.07, 6.45) is 3.37. The van der Waals surface area contributed by atoms with Gasteiger partial charge in [0.1, 0.15) is 18.0 Å². The third-order valence-corrected chi connectivity index (χ3v) is 3.31. The first-order valence-electron chi connectivity index (χ1n) is 8.27. The van der Waals surface area contributed by atoms with Gasteiger partial charge in [0.15, 0.2) is 0 Å². The van der Waals surface area contributed by atoms with E-state index >= 15 is 0 Å². The molecule has 0 saturated carbocycles. The third-order valence-electron chi connectivity index (χ3n) is 3.31. The monoisotopic (exact) mass is 330 g/mol. The normalized spacial score (nSPS) is 10.8. The summed E-state index contributed by atoms with van der Waals surface area (Å²) in [6, 6.07) is 5.86. The first-order chi connectivity index (χ1) is 11.7. The Hall–Kier alpha value is -2.25. The van der Waals surface area contributed by atoms with E-state index in [9.17, 15) is 0 Å². The molecule has 2 aromatic heterocycles. The zero-order valence-corrected chi connectivity index (χ0v) is 14.3. The van der Waals surface area contributed by atoms with E-state index < -0.39 is 0 Å². The van der Waals surface area contributed by atoms with Gasteiger partial charge in [-0.25, -0.2) is 15.0 Å². The Labute approximate surface area is 143 Å². The lowest BCUT2D eigenvalue weighted by Gasteiger charge is -2.09. The van der Waals surface area contributed by atoms with E-state index in [0.29, 0.717) is 12.5 Å². The minimum absolute atomic E-state index is 0.153. The second-order valence-electron chi connectivity index (χ2n) is 5.90. The van der Waals surface area contributed by atoms with Crippen molar-refractivity contribution >= 4 is 11.6 Å². The first kappa shape index (κ1) is 18.1. The predicted molar refractivity (Wildman–Crippen MR) is 97.0 cm³/mol. The molecule has 0 aliphatic carbocycles. The molecule has 2 heterocycles. The van der Waals surface area contributed by atoms with Crippen LogP contribution >= 0.6 is 0 Å². The molecule has 24 heavy (non-hydrogen) atoms. The smallest absolute Gasteiger partial charge is 0.129 e. The number of nitrogens with one attached hydrogen (secondary N) is 3. The zero-order chi connectivity index (χ0) is 17.2. The average molecular weight is 330 g/mol. The minimum Gasteiger partial charge on any atom is -0.395 e. The van der Waals surface area contributed by atoms with Crippen molar-refractivity contribution in [2.75, 3.05) is 43.4 Å². The number of pyridine rings is 1. The number of nitrogens with zero attached hydrogens (tertiary/aromatic N) is 3. The number of hydrogen-bond acceptors (Lipinski definition) is 7. The van der Waals surface area contributed by atoms with E-state index in [1.54, 1.807) is 12.5 Å². The molecule has 7 nitrogen and oxygen atoms in total. The Morgan fingerprint density at radius 3 is 2.58 bits per heavy atom. The summed E-state index contributed by atoms with van der Waals surface area (Å²) < 4.78 is 0. The number of anilines is 2. The van der Waals surface area contributed by atoms with Crippen molar-refractivity contribution in [2.24, 2.45) is 5.92 Å². The molecule has 0 aliphatic heterocycles. The maximum atomic E-state index is 8.69. The summed E-state index contributed by atoms with van der Waals surface area (Å²) in [5.74, 6) is 2.20. The molecule has 0 unspecified atom stereocenters. The Balaban J connectivity index is 1.91. The van der Waals surface area contributed by atoms with Crippen LogP contribution in [-0.2, 0) is 0 Å². The Morgan fingerprint density at radius 2 is 1.88 bits per heavy atom. The molecule has 130 valence electrons. The van der Waals surface area contributed by atoms with Crippen LogP contribution in [0.3, 0.4) is 0 Å². The van der Waals surface area contributed by atoms with Crippen LogP contribution in [0, 0.1) is 5.92 Å². The third kappa shape index (κ3) is 6.10. The van der Waals surface area contributed by atoms with Crippen molar-refractivity contribution in [3.63, 3.8) is 0 Å². The first-order valence-corrected chi connectivity index (χ1v) is 8.27. The highest BCUT2D eigenvalue weighted by Gasteiger charge is 2.04. The molecule has 4 N–H and O–H groups in total. The quantitative estimate of drug-likeness (QED) is 0.492. The molecule has 0 spiro atoms. The number of rotatable bonds is 10. The summed E-state index contributed by atoms with van der Waals surface area (Å²) in [4.78, 5) is 13.0. The van der Waals surface area contributed by atoms with Gasteiger partial charge in [0.25, 0.3) is 0 Å². The van der Waals surface area contributed by atoms with E-state index in [4.69, 9.17) is 5.11 Å². The van der Waals surface area contributed by atoms with Crippen LogP contribution in [0.5, 0.6) is 0 Å². The molecule has 0 atom stereocenters.